The summed E-state index contributed by atoms with van der Waals surface area (Å²) in [6.07, 6.45) is 6.13. The van der Waals surface area contributed by atoms with Crippen molar-refractivity contribution in [3.05, 3.63) is 132 Å². The van der Waals surface area contributed by atoms with Crippen LogP contribution in [0, 0.1) is 29.5 Å². The quantitative estimate of drug-likeness (QED) is 0.0670. The number of ether oxygens (including phenoxy) is 2. The molecular weight excluding hydrogens is 988 g/mol. The van der Waals surface area contributed by atoms with Gasteiger partial charge in [0.2, 0.25) is 23.6 Å². The number of likely N-dealkylation sites (tertiary alicyclic amines) is 1. The molecule has 19 heteroatoms. The van der Waals surface area contributed by atoms with Gasteiger partial charge in [0.1, 0.15) is 40.6 Å². The number of β-amino-alcohol motifs (C(OH)–C–C–N with tert-alkyl or cyclic N) is 1. The fraction of sp³-hybridized carbons (Fsp3) is 0.368. The van der Waals surface area contributed by atoms with E-state index in [4.69, 9.17) is 9.47 Å². The number of amides is 4. The van der Waals surface area contributed by atoms with Gasteiger partial charge < -0.3 is 40.3 Å². The number of anilines is 3. The highest BCUT2D eigenvalue weighted by molar-refractivity contribution is 7.13. The number of aryl methyl sites for hydroxylation is 1. The molecule has 0 spiro atoms. The number of nitrogens with zero attached hydrogens (tertiary/aromatic N) is 7. The number of hydrogen-bond acceptors (Lipinski definition) is 13. The van der Waals surface area contributed by atoms with Crippen LogP contribution in [0.3, 0.4) is 0 Å². The lowest BCUT2D eigenvalue weighted by atomic mass is 9.85. The molecule has 4 N–H and O–H groups in total. The third-order valence-electron chi connectivity index (χ3n) is 14.7. The Kier molecular flexibility index (Phi) is 14.6. The first-order valence-electron chi connectivity index (χ1n) is 25.6. The van der Waals surface area contributed by atoms with E-state index in [0.717, 1.165) is 69.9 Å². The number of thiazole rings is 1. The maximum atomic E-state index is 14.5. The summed E-state index contributed by atoms with van der Waals surface area (Å²) in [7, 11) is 1.64. The molecule has 2 saturated heterocycles. The van der Waals surface area contributed by atoms with Gasteiger partial charge in [-0.15, -0.1) is 16.4 Å². The lowest BCUT2D eigenvalue weighted by Gasteiger charge is -2.35. The van der Waals surface area contributed by atoms with Crippen molar-refractivity contribution in [2.75, 3.05) is 42.3 Å². The molecule has 76 heavy (non-hydrogen) atoms. The number of aliphatic hydroxyl groups is 1. The van der Waals surface area contributed by atoms with Gasteiger partial charge in [-0.3, -0.25) is 24.2 Å². The van der Waals surface area contributed by atoms with E-state index >= 15 is 0 Å². The van der Waals surface area contributed by atoms with Crippen LogP contribution in [0.2, 0.25) is 0 Å². The molecule has 0 unspecified atom stereocenters. The minimum absolute atomic E-state index is 0.0485. The van der Waals surface area contributed by atoms with E-state index in [2.05, 4.69) is 41.1 Å². The average Bonchev–Trinajstić information content (AvgIpc) is 3.66. The van der Waals surface area contributed by atoms with Crippen molar-refractivity contribution in [1.29, 1.82) is 0 Å². The lowest BCUT2D eigenvalue weighted by Crippen LogP contribution is -2.50. The number of hydrogen-bond donors (Lipinski definition) is 4. The molecule has 4 amide bonds. The summed E-state index contributed by atoms with van der Waals surface area (Å²) >= 11 is 1.59. The van der Waals surface area contributed by atoms with Crippen molar-refractivity contribution in [1.82, 2.24) is 35.2 Å². The van der Waals surface area contributed by atoms with Crippen molar-refractivity contribution in [2.45, 2.75) is 91.0 Å². The zero-order valence-electron chi connectivity index (χ0n) is 43.1. The minimum atomic E-state index is -1.19. The highest BCUT2D eigenvalue weighted by Gasteiger charge is 2.56. The van der Waals surface area contributed by atoms with E-state index in [1.54, 1.807) is 59.7 Å². The first-order chi connectivity index (χ1) is 36.5. The molecule has 3 fully saturated rings. The van der Waals surface area contributed by atoms with E-state index in [-0.39, 0.29) is 31.3 Å². The molecule has 7 aromatic rings. The Morgan fingerprint density at radius 1 is 0.895 bits per heavy atom. The summed E-state index contributed by atoms with van der Waals surface area (Å²) in [5, 5.41) is 29.2. The van der Waals surface area contributed by atoms with Gasteiger partial charge in [-0.2, -0.15) is 0 Å². The number of benzene rings is 4. The molecule has 10 rings (SSSR count). The maximum absolute atomic E-state index is 14.5. The summed E-state index contributed by atoms with van der Waals surface area (Å²) in [6.45, 7) is 9.74. The molecule has 17 nitrogen and oxygen atoms in total. The molecule has 0 bridgehead atoms. The number of rotatable bonds is 16. The molecule has 5 heterocycles. The Labute approximate surface area is 443 Å². The number of nitrogens with one attached hydrogen (secondary N) is 3. The number of halogens is 1. The van der Waals surface area contributed by atoms with Crippen molar-refractivity contribution >= 4 is 62.9 Å². The average molecular weight is 1050 g/mol. The number of methoxy groups -OCH3 is 1. The normalized spacial score (nSPS) is 17.8. The number of carbonyl (C=O) groups excluding carboxylic acids is 4. The first kappa shape index (κ1) is 51.7. The zero-order valence-corrected chi connectivity index (χ0v) is 43.9. The van der Waals surface area contributed by atoms with Gasteiger partial charge >= 0.3 is 0 Å². The monoisotopic (exact) mass is 1050 g/mol. The van der Waals surface area contributed by atoms with Gasteiger partial charge in [-0.1, -0.05) is 50.3 Å². The molecular formula is C57H61FN10O7S. The van der Waals surface area contributed by atoms with Crippen molar-refractivity contribution in [3.8, 4) is 27.7 Å². The summed E-state index contributed by atoms with van der Waals surface area (Å²) in [6, 6.07) is 24.5. The van der Waals surface area contributed by atoms with Gasteiger partial charge in [0, 0.05) is 61.8 Å². The third kappa shape index (κ3) is 11.1. The standard InChI is InChI=1S/C57H61FN10O7S/c1-34-50(76-33-61-34)37-8-6-36(7-9-37)30-60-52(70)47-27-42(69)32-67(47)53(71)51(56(2,3)4)68-31-41(64-65-68)26-35-19-24-66(25-20-35)46-29-45-44(28-49(46)74-5)48(18-23-59-45)75-43-16-14-40(15-17-43)63-55(73)57(21-22-57)54(72)62-39-12-10-38(58)11-13-39/h6-18,23,28-29,31,33,35,42,47,51,69H,19-22,24-27,30,32H2,1-5H3,(H,60,70)(H,62,72)(H,63,73)/t42-,47+,51-/m1/s1. The maximum Gasteiger partial charge on any atom is 0.248 e. The first-order valence-corrected chi connectivity index (χ1v) is 26.5. The molecule has 3 aliphatic rings. The second kappa shape index (κ2) is 21.5. The van der Waals surface area contributed by atoms with Crippen LogP contribution in [0.4, 0.5) is 21.5 Å². The second-order valence-electron chi connectivity index (χ2n) is 21.1. The SMILES string of the molecule is COc1cc2c(Oc3ccc(NC(=O)C4(C(=O)Nc5ccc(F)cc5)CC4)cc3)ccnc2cc1N1CCC(Cc2cn([C@H](C(=O)N3C[C@H](O)C[C@H]3C(=O)NCc3ccc(-c4scnc4C)cc3)C(C)(C)C)nn2)CC1. The second-order valence-corrected chi connectivity index (χ2v) is 22.0. The van der Waals surface area contributed by atoms with Gasteiger partial charge in [0.15, 0.2) is 0 Å². The molecule has 4 aromatic carbocycles. The predicted molar refractivity (Wildman–Crippen MR) is 288 cm³/mol. The van der Waals surface area contributed by atoms with Crippen LogP contribution in [0.1, 0.15) is 75.9 Å². The van der Waals surface area contributed by atoms with Crippen molar-refractivity contribution < 1.29 is 38.1 Å². The largest absolute Gasteiger partial charge is 0.495 e. The highest BCUT2D eigenvalue weighted by Crippen LogP contribution is 2.48. The number of fused-ring (bicyclic) bond motifs is 1. The van der Waals surface area contributed by atoms with Crippen molar-refractivity contribution in [2.24, 2.45) is 16.7 Å². The zero-order chi connectivity index (χ0) is 53.3. The van der Waals surface area contributed by atoms with E-state index in [1.165, 1.54) is 29.2 Å². The van der Waals surface area contributed by atoms with E-state index in [1.807, 2.05) is 75.8 Å². The van der Waals surface area contributed by atoms with Crippen LogP contribution in [-0.2, 0) is 32.1 Å². The van der Waals surface area contributed by atoms with E-state index in [0.29, 0.717) is 53.8 Å². The van der Waals surface area contributed by atoms with Gasteiger partial charge in [0.05, 0.1) is 46.2 Å². The van der Waals surface area contributed by atoms with Gasteiger partial charge in [-0.25, -0.2) is 14.1 Å². The van der Waals surface area contributed by atoms with Crippen LogP contribution >= 0.6 is 11.3 Å². The smallest absolute Gasteiger partial charge is 0.248 e. The van der Waals surface area contributed by atoms with Crippen LogP contribution in [-0.4, -0.2) is 97.5 Å². The molecule has 1 aliphatic carbocycles. The number of aromatic nitrogens is 5. The third-order valence-corrected chi connectivity index (χ3v) is 15.7. The summed E-state index contributed by atoms with van der Waals surface area (Å²) in [5.41, 5.74) is 6.36. The Bertz CT molecular complexity index is 3260. The predicted octanol–water partition coefficient (Wildman–Crippen LogP) is 8.88. The number of carbonyl (C=O) groups is 4. The molecule has 3 aromatic heterocycles. The van der Waals surface area contributed by atoms with Crippen LogP contribution in [0.15, 0.2) is 109 Å². The number of aliphatic hydroxyl groups excluding tert-OH is 1. The van der Waals surface area contributed by atoms with Crippen LogP contribution in [0.5, 0.6) is 17.2 Å². The molecule has 1 saturated carbocycles. The van der Waals surface area contributed by atoms with E-state index in [9.17, 15) is 28.7 Å². The van der Waals surface area contributed by atoms with Gasteiger partial charge in [0.25, 0.3) is 0 Å². The topological polar surface area (TPSA) is 206 Å². The highest BCUT2D eigenvalue weighted by atomic mass is 32.1. The Balaban J connectivity index is 0.739. The van der Waals surface area contributed by atoms with Crippen LogP contribution in [0.25, 0.3) is 21.3 Å². The fourth-order valence-corrected chi connectivity index (χ4v) is 11.1. The lowest BCUT2D eigenvalue weighted by molar-refractivity contribution is -0.144. The summed E-state index contributed by atoms with van der Waals surface area (Å²) in [5.74, 6) is 0.239. The summed E-state index contributed by atoms with van der Waals surface area (Å²) in [4.78, 5) is 68.5. The molecule has 2 aliphatic heterocycles. The molecule has 0 radical (unpaired) electrons. The van der Waals surface area contributed by atoms with Gasteiger partial charge in [-0.05, 0) is 128 Å². The molecule has 394 valence electrons. The number of pyridine rings is 1. The minimum Gasteiger partial charge on any atom is -0.495 e. The number of piperidine rings is 1. The van der Waals surface area contributed by atoms with E-state index < -0.39 is 46.6 Å². The molecule has 3 atom stereocenters. The Morgan fingerprint density at radius 3 is 2.21 bits per heavy atom. The summed E-state index contributed by atoms with van der Waals surface area (Å²) < 4.78 is 27.3. The van der Waals surface area contributed by atoms with Crippen LogP contribution < -0.4 is 30.3 Å². The Hall–Kier alpha value is -7.77. The Morgan fingerprint density at radius 2 is 1.58 bits per heavy atom. The fourth-order valence-electron chi connectivity index (χ4n) is 10.3. The van der Waals surface area contributed by atoms with Crippen molar-refractivity contribution in [3.63, 3.8) is 0 Å².